The quantitative estimate of drug-likeness (QED) is 0.122. The van der Waals surface area contributed by atoms with E-state index < -0.39 is 11.9 Å². The van der Waals surface area contributed by atoms with Gasteiger partial charge in [0.1, 0.15) is 6.42 Å². The molecule has 0 radical (unpaired) electrons. The SMILES string of the molecule is N#CC(=C\C=C1/Oc2cc3ccccc3cc2N1CCC(=O)O)/C=C/c1oc2c3ccccc3ccc2[n+]1CCC(=O)O. The number of aliphatic carboxylic acids is 2. The molecular formula is C34H26N3O6+. The zero-order valence-electron chi connectivity index (χ0n) is 22.9. The second kappa shape index (κ2) is 11.5. The average Bonchev–Trinajstić information content (AvgIpc) is 3.54. The Hall–Kier alpha value is -5.88. The van der Waals surface area contributed by atoms with E-state index >= 15 is 0 Å². The lowest BCUT2D eigenvalue weighted by atomic mass is 10.1. The smallest absolute Gasteiger partial charge is 0.374 e. The molecule has 6 rings (SSSR count). The zero-order chi connectivity index (χ0) is 29.9. The van der Waals surface area contributed by atoms with E-state index in [2.05, 4.69) is 6.07 Å². The first-order valence-corrected chi connectivity index (χ1v) is 13.7. The second-order valence-electron chi connectivity index (χ2n) is 10.0. The number of aryl methyl sites for hydroxylation is 1. The Morgan fingerprint density at radius 2 is 1.65 bits per heavy atom. The number of anilines is 1. The van der Waals surface area contributed by atoms with Gasteiger partial charge >= 0.3 is 17.8 Å². The molecule has 2 N–H and O–H groups in total. The molecule has 0 aliphatic carbocycles. The maximum Gasteiger partial charge on any atom is 0.374 e. The van der Waals surface area contributed by atoms with Crippen LogP contribution in [0.15, 0.2) is 107 Å². The largest absolute Gasteiger partial charge is 0.481 e. The number of nitriles is 1. The van der Waals surface area contributed by atoms with Crippen molar-refractivity contribution in [1.29, 1.82) is 5.26 Å². The molecule has 1 aliphatic rings. The summed E-state index contributed by atoms with van der Waals surface area (Å²) in [7, 11) is 0. The third-order valence-electron chi connectivity index (χ3n) is 7.26. The molecule has 4 aromatic carbocycles. The minimum Gasteiger partial charge on any atom is -0.481 e. The molecule has 1 aromatic heterocycles. The van der Waals surface area contributed by atoms with Gasteiger partial charge in [-0.15, -0.1) is 0 Å². The van der Waals surface area contributed by atoms with Crippen molar-refractivity contribution in [1.82, 2.24) is 0 Å². The molecule has 0 bridgehead atoms. The van der Waals surface area contributed by atoms with E-state index in [1.807, 2.05) is 72.8 Å². The van der Waals surface area contributed by atoms with E-state index in [0.717, 1.165) is 32.7 Å². The van der Waals surface area contributed by atoms with Gasteiger partial charge in [-0.3, -0.25) is 9.59 Å². The molecule has 5 aromatic rings. The van der Waals surface area contributed by atoms with Crippen LogP contribution < -0.4 is 14.2 Å². The third kappa shape index (κ3) is 5.54. The zero-order valence-corrected chi connectivity index (χ0v) is 22.9. The first kappa shape index (κ1) is 27.3. The molecule has 0 atom stereocenters. The lowest BCUT2D eigenvalue weighted by Gasteiger charge is -2.17. The van der Waals surface area contributed by atoms with Crippen molar-refractivity contribution in [2.24, 2.45) is 0 Å². The Morgan fingerprint density at radius 1 is 0.930 bits per heavy atom. The average molecular weight is 573 g/mol. The summed E-state index contributed by atoms with van der Waals surface area (Å²) in [6.07, 6.45) is 6.26. The van der Waals surface area contributed by atoms with Gasteiger partial charge in [-0.2, -0.15) is 9.83 Å². The van der Waals surface area contributed by atoms with Crippen molar-refractivity contribution in [2.45, 2.75) is 19.4 Å². The maximum atomic E-state index is 11.4. The number of nitrogens with zero attached hydrogens (tertiary/aromatic N) is 3. The van der Waals surface area contributed by atoms with E-state index in [1.54, 1.807) is 33.8 Å². The van der Waals surface area contributed by atoms with Gasteiger partial charge in [-0.25, -0.2) is 0 Å². The molecule has 212 valence electrons. The molecule has 0 amide bonds. The fourth-order valence-electron chi connectivity index (χ4n) is 5.19. The molecule has 0 fully saturated rings. The topological polar surface area (TPSA) is 128 Å². The molecule has 43 heavy (non-hydrogen) atoms. The van der Waals surface area contributed by atoms with Crippen molar-refractivity contribution < 1.29 is 33.5 Å². The molecule has 9 heteroatoms. The first-order valence-electron chi connectivity index (χ1n) is 13.7. The third-order valence-corrected chi connectivity index (χ3v) is 7.26. The van der Waals surface area contributed by atoms with Gasteiger partial charge in [0.25, 0.3) is 5.52 Å². The Bertz CT molecular complexity index is 2050. The van der Waals surface area contributed by atoms with Crippen LogP contribution in [0, 0.1) is 11.3 Å². The number of aromatic nitrogens is 1. The number of allylic oxidation sites excluding steroid dienone is 4. The second-order valence-corrected chi connectivity index (χ2v) is 10.0. The van der Waals surface area contributed by atoms with Gasteiger partial charge in [-0.05, 0) is 46.5 Å². The molecular weight excluding hydrogens is 546 g/mol. The number of hydrogen-bond donors (Lipinski definition) is 2. The highest BCUT2D eigenvalue weighted by Crippen LogP contribution is 2.42. The number of oxazole rings is 1. The van der Waals surface area contributed by atoms with Crippen LogP contribution in [0.5, 0.6) is 5.75 Å². The predicted octanol–water partition coefficient (Wildman–Crippen LogP) is 6.18. The van der Waals surface area contributed by atoms with Gasteiger partial charge in [0.05, 0.1) is 29.8 Å². The summed E-state index contributed by atoms with van der Waals surface area (Å²) in [6, 6.07) is 25.5. The fourth-order valence-corrected chi connectivity index (χ4v) is 5.19. The lowest BCUT2D eigenvalue weighted by molar-refractivity contribution is -0.676. The summed E-state index contributed by atoms with van der Waals surface area (Å²) in [4.78, 5) is 24.5. The van der Waals surface area contributed by atoms with Crippen LogP contribution in [-0.4, -0.2) is 28.7 Å². The van der Waals surface area contributed by atoms with Crippen molar-refractivity contribution in [2.75, 3.05) is 11.4 Å². The van der Waals surface area contributed by atoms with Crippen molar-refractivity contribution >= 4 is 56.3 Å². The molecule has 0 spiro atoms. The normalized spacial score (nSPS) is 14.1. The summed E-state index contributed by atoms with van der Waals surface area (Å²) in [5, 5.41) is 32.4. The van der Waals surface area contributed by atoms with Crippen LogP contribution in [-0.2, 0) is 16.1 Å². The van der Waals surface area contributed by atoms with Crippen molar-refractivity contribution in [3.05, 3.63) is 108 Å². The lowest BCUT2D eigenvalue weighted by Crippen LogP contribution is -2.36. The number of fused-ring (bicyclic) bond motifs is 5. The van der Waals surface area contributed by atoms with E-state index in [0.29, 0.717) is 23.1 Å². The standard InChI is InChI=1S/C34H25N3O6/c35-21-22(9-13-30-37(18-16-33(40)41)28-19-24-6-1-2-7-25(24)20-29(28)42-30)10-14-31-36(17-15-32(38)39)27-12-11-23-5-3-4-8-26(23)34(27)43-31/h1-14,19-20H,15-18H2,(H-,38,39,40,41)/p+1. The van der Waals surface area contributed by atoms with Crippen molar-refractivity contribution in [3.63, 3.8) is 0 Å². The number of carboxylic acids is 2. The Labute approximate surface area is 246 Å². The number of carboxylic acid groups (broad SMARTS) is 2. The minimum atomic E-state index is -0.931. The highest BCUT2D eigenvalue weighted by atomic mass is 16.5. The van der Waals surface area contributed by atoms with Gasteiger partial charge < -0.3 is 24.3 Å². The summed E-state index contributed by atoms with van der Waals surface area (Å²) < 4.78 is 14.1. The first-order chi connectivity index (χ1) is 20.9. The summed E-state index contributed by atoms with van der Waals surface area (Å²) >= 11 is 0. The Morgan fingerprint density at radius 3 is 2.40 bits per heavy atom. The van der Waals surface area contributed by atoms with Crippen LogP contribution in [0.4, 0.5) is 5.69 Å². The number of rotatable bonds is 9. The number of hydrogen-bond acceptors (Lipinski definition) is 6. The van der Waals surface area contributed by atoms with Gasteiger partial charge in [-0.1, -0.05) is 48.5 Å². The van der Waals surface area contributed by atoms with Gasteiger partial charge in [0.2, 0.25) is 11.5 Å². The van der Waals surface area contributed by atoms with Crippen LogP contribution in [0.3, 0.4) is 0 Å². The van der Waals surface area contributed by atoms with Gasteiger partial charge in [0.15, 0.2) is 12.3 Å². The highest BCUT2D eigenvalue weighted by Gasteiger charge is 2.27. The van der Waals surface area contributed by atoms with E-state index in [1.165, 1.54) is 0 Å². The molecule has 0 saturated heterocycles. The molecule has 2 heterocycles. The predicted molar refractivity (Wildman–Crippen MR) is 161 cm³/mol. The molecule has 0 unspecified atom stereocenters. The minimum absolute atomic E-state index is 0.0981. The maximum absolute atomic E-state index is 11.4. The number of carbonyl (C=O) groups is 2. The van der Waals surface area contributed by atoms with Gasteiger partial charge in [0, 0.05) is 24.1 Å². The van der Waals surface area contributed by atoms with Crippen LogP contribution >= 0.6 is 0 Å². The molecule has 0 saturated carbocycles. The highest BCUT2D eigenvalue weighted by molar-refractivity contribution is 6.02. The molecule has 1 aliphatic heterocycles. The fraction of sp³-hybridized carbons (Fsp3) is 0.118. The summed E-state index contributed by atoms with van der Waals surface area (Å²) in [5.41, 5.74) is 2.42. The van der Waals surface area contributed by atoms with Crippen LogP contribution in [0.1, 0.15) is 18.7 Å². The Balaban J connectivity index is 1.35. The monoisotopic (exact) mass is 572 g/mol. The summed E-state index contributed by atoms with van der Waals surface area (Å²) in [6.45, 7) is 0.379. The van der Waals surface area contributed by atoms with Crippen LogP contribution in [0.2, 0.25) is 0 Å². The van der Waals surface area contributed by atoms with E-state index in [4.69, 9.17) is 9.15 Å². The van der Waals surface area contributed by atoms with Crippen molar-refractivity contribution in [3.8, 4) is 11.8 Å². The van der Waals surface area contributed by atoms with E-state index in [9.17, 15) is 25.1 Å². The summed E-state index contributed by atoms with van der Waals surface area (Å²) in [5.74, 6) is -0.453. The number of ether oxygens (including phenoxy) is 1. The molecule has 9 nitrogen and oxygen atoms in total. The van der Waals surface area contributed by atoms with E-state index in [-0.39, 0.29) is 31.5 Å². The number of benzene rings is 4. The van der Waals surface area contributed by atoms with Crippen LogP contribution in [0.25, 0.3) is 38.7 Å². The Kier molecular flexibility index (Phi) is 7.33.